The quantitative estimate of drug-likeness (QED) is 0.603. The van der Waals surface area contributed by atoms with Gasteiger partial charge in [0.1, 0.15) is 17.8 Å². The molecular weight excluding hydrogens is 370 g/mol. The third kappa shape index (κ3) is 5.14. The molecule has 0 spiro atoms. The van der Waals surface area contributed by atoms with Gasteiger partial charge in [-0.15, -0.1) is 11.8 Å². The first kappa shape index (κ1) is 20.4. The van der Waals surface area contributed by atoms with Crippen LogP contribution in [0.15, 0.2) is 37.3 Å². The molecule has 3 aromatic rings. The van der Waals surface area contributed by atoms with Gasteiger partial charge in [0.2, 0.25) is 0 Å². The molecule has 0 bridgehead atoms. The van der Waals surface area contributed by atoms with E-state index >= 15 is 0 Å². The number of thioether (sulfide) groups is 1. The Labute approximate surface area is 170 Å². The topological polar surface area (TPSA) is 85.5 Å². The first-order valence-corrected chi connectivity index (χ1v) is 11.0. The highest BCUT2D eigenvalue weighted by Crippen LogP contribution is 2.33. The molecule has 0 unspecified atom stereocenters. The number of hydrogen-bond donors (Lipinski definition) is 3. The van der Waals surface area contributed by atoms with Crippen molar-refractivity contribution < 1.29 is 0 Å². The van der Waals surface area contributed by atoms with Gasteiger partial charge in [0.15, 0.2) is 0 Å². The lowest BCUT2D eigenvalue weighted by molar-refractivity contribution is 0.520. The minimum absolute atomic E-state index is 0.865. The number of aromatic nitrogens is 5. The molecule has 28 heavy (non-hydrogen) atoms. The van der Waals surface area contributed by atoms with Crippen molar-refractivity contribution in [3.8, 4) is 0 Å². The third-order valence-corrected chi connectivity index (χ3v) is 5.46. The molecule has 3 N–H and O–H groups in total. The van der Waals surface area contributed by atoms with Crippen LogP contribution in [0.2, 0.25) is 0 Å². The van der Waals surface area contributed by atoms with Gasteiger partial charge < -0.3 is 20.2 Å². The van der Waals surface area contributed by atoms with Crippen LogP contribution in [0.3, 0.4) is 0 Å². The number of piperidine rings is 1. The van der Waals surface area contributed by atoms with E-state index in [1.54, 1.807) is 12.7 Å². The molecule has 0 aromatic carbocycles. The van der Waals surface area contributed by atoms with Crippen LogP contribution >= 0.6 is 11.8 Å². The minimum Gasteiger partial charge on any atom is -0.346 e. The smallest absolute Gasteiger partial charge is 0.145 e. The fourth-order valence-electron chi connectivity index (χ4n) is 3.09. The average Bonchev–Trinajstić information content (AvgIpc) is 3.49. The SMILES string of the molecule is C1=C(c2cnc[nH]2)SCCN1c1ncnc2[nH]ccc12.C1CCNCC1.CC. The van der Waals surface area contributed by atoms with Crippen molar-refractivity contribution in [3.63, 3.8) is 0 Å². The van der Waals surface area contributed by atoms with Crippen molar-refractivity contribution in [2.24, 2.45) is 0 Å². The summed E-state index contributed by atoms with van der Waals surface area (Å²) in [5.41, 5.74) is 1.91. The molecule has 0 atom stereocenters. The van der Waals surface area contributed by atoms with Gasteiger partial charge in [-0.25, -0.2) is 15.0 Å². The zero-order chi connectivity index (χ0) is 19.6. The number of fused-ring (bicyclic) bond motifs is 1. The molecule has 3 aromatic heterocycles. The summed E-state index contributed by atoms with van der Waals surface area (Å²) in [7, 11) is 0. The number of nitrogens with zero attached hydrogens (tertiary/aromatic N) is 4. The molecule has 0 saturated carbocycles. The van der Waals surface area contributed by atoms with Gasteiger partial charge in [-0.2, -0.15) is 0 Å². The maximum absolute atomic E-state index is 4.43. The van der Waals surface area contributed by atoms with Crippen molar-refractivity contribution in [2.45, 2.75) is 33.1 Å². The largest absolute Gasteiger partial charge is 0.346 e. The van der Waals surface area contributed by atoms with E-state index in [1.807, 2.05) is 44.1 Å². The molecule has 5 rings (SSSR count). The lowest BCUT2D eigenvalue weighted by Crippen LogP contribution is -2.24. The maximum Gasteiger partial charge on any atom is 0.145 e. The molecule has 8 heteroatoms. The molecular formula is C20H29N7S. The van der Waals surface area contributed by atoms with Crippen LogP contribution in [-0.2, 0) is 0 Å². The van der Waals surface area contributed by atoms with Crippen LogP contribution in [-0.4, -0.2) is 50.3 Å². The fraction of sp³-hybridized carbons (Fsp3) is 0.450. The predicted octanol–water partition coefficient (Wildman–Crippen LogP) is 4.02. The fourth-order valence-corrected chi connectivity index (χ4v) is 4.07. The normalized spacial score (nSPS) is 16.5. The van der Waals surface area contributed by atoms with E-state index in [9.17, 15) is 0 Å². The van der Waals surface area contributed by atoms with Gasteiger partial charge in [0, 0.05) is 29.6 Å². The Morgan fingerprint density at radius 3 is 2.61 bits per heavy atom. The minimum atomic E-state index is 0.865. The van der Waals surface area contributed by atoms with E-state index in [2.05, 4.69) is 41.3 Å². The van der Waals surface area contributed by atoms with Crippen LogP contribution in [0.1, 0.15) is 38.8 Å². The molecule has 1 fully saturated rings. The van der Waals surface area contributed by atoms with Gasteiger partial charge in [0.05, 0.1) is 23.6 Å². The molecule has 0 amide bonds. The van der Waals surface area contributed by atoms with Crippen molar-refractivity contribution >= 4 is 33.5 Å². The Morgan fingerprint density at radius 2 is 1.93 bits per heavy atom. The number of nitrogens with one attached hydrogen (secondary N) is 3. The highest BCUT2D eigenvalue weighted by Gasteiger charge is 2.17. The lowest BCUT2D eigenvalue weighted by Gasteiger charge is -2.25. The summed E-state index contributed by atoms with van der Waals surface area (Å²) in [5, 5.41) is 4.33. The third-order valence-electron chi connectivity index (χ3n) is 4.44. The monoisotopic (exact) mass is 399 g/mol. The Bertz CT molecular complexity index is 841. The van der Waals surface area contributed by atoms with Crippen molar-refractivity contribution in [1.29, 1.82) is 0 Å². The second-order valence-corrected chi connectivity index (χ2v) is 7.39. The summed E-state index contributed by atoms with van der Waals surface area (Å²) < 4.78 is 0. The summed E-state index contributed by atoms with van der Waals surface area (Å²) >= 11 is 1.82. The standard InChI is InChI=1S/C13H12N6S.C5H11N.C2H6/c1-2-15-12-9(1)13(18-8-17-12)19-3-4-20-11(6-19)10-5-14-7-16-10;1-2-4-6-5-3-1;1-2/h1-2,5-8H,3-4H2,(H,14,16)(H,15,17,18);6H,1-5H2;1-2H3. The van der Waals surface area contributed by atoms with E-state index in [4.69, 9.17) is 0 Å². The molecule has 2 aliphatic heterocycles. The highest BCUT2D eigenvalue weighted by atomic mass is 32.2. The van der Waals surface area contributed by atoms with Gasteiger partial charge >= 0.3 is 0 Å². The number of rotatable bonds is 2. The Hall–Kier alpha value is -2.32. The Morgan fingerprint density at radius 1 is 1.07 bits per heavy atom. The van der Waals surface area contributed by atoms with Crippen LogP contribution in [0, 0.1) is 0 Å². The zero-order valence-corrected chi connectivity index (χ0v) is 17.4. The van der Waals surface area contributed by atoms with Crippen LogP contribution in [0.25, 0.3) is 15.9 Å². The van der Waals surface area contributed by atoms with Gasteiger partial charge in [-0.1, -0.05) is 20.3 Å². The van der Waals surface area contributed by atoms with Gasteiger partial charge in [-0.05, 0) is 32.0 Å². The second-order valence-electron chi connectivity index (χ2n) is 6.25. The van der Waals surface area contributed by atoms with E-state index < -0.39 is 0 Å². The number of imidazole rings is 1. The van der Waals surface area contributed by atoms with E-state index in [0.717, 1.165) is 34.8 Å². The highest BCUT2D eigenvalue weighted by molar-refractivity contribution is 8.08. The Kier molecular flexibility index (Phi) is 7.93. The molecule has 2 aliphatic rings. The summed E-state index contributed by atoms with van der Waals surface area (Å²) in [4.78, 5) is 22.4. The summed E-state index contributed by atoms with van der Waals surface area (Å²) in [6, 6.07) is 2.01. The molecule has 0 radical (unpaired) electrons. The second kappa shape index (κ2) is 10.9. The first-order chi connectivity index (χ1) is 13.9. The molecule has 5 heterocycles. The van der Waals surface area contributed by atoms with Gasteiger partial charge in [0.25, 0.3) is 0 Å². The predicted molar refractivity (Wildman–Crippen MR) is 118 cm³/mol. The molecule has 0 aliphatic carbocycles. The summed E-state index contributed by atoms with van der Waals surface area (Å²) in [6.45, 7) is 7.43. The van der Waals surface area contributed by atoms with Crippen LogP contribution in [0.4, 0.5) is 5.82 Å². The van der Waals surface area contributed by atoms with Crippen LogP contribution in [0.5, 0.6) is 0 Å². The van der Waals surface area contributed by atoms with Gasteiger partial charge in [-0.3, -0.25) is 0 Å². The van der Waals surface area contributed by atoms with Crippen molar-refractivity contribution in [1.82, 2.24) is 30.2 Å². The van der Waals surface area contributed by atoms with Crippen LogP contribution < -0.4 is 10.2 Å². The first-order valence-electron chi connectivity index (χ1n) is 10.0. The van der Waals surface area contributed by atoms with Crippen molar-refractivity contribution in [3.05, 3.63) is 43.0 Å². The number of aromatic amines is 2. The molecule has 1 saturated heterocycles. The van der Waals surface area contributed by atoms with Crippen molar-refractivity contribution in [2.75, 3.05) is 30.3 Å². The molecule has 150 valence electrons. The molecule has 7 nitrogen and oxygen atoms in total. The zero-order valence-electron chi connectivity index (χ0n) is 16.6. The lowest BCUT2D eigenvalue weighted by atomic mass is 10.2. The number of anilines is 1. The number of H-pyrrole nitrogens is 2. The van der Waals surface area contributed by atoms with E-state index in [1.165, 1.54) is 37.3 Å². The van der Waals surface area contributed by atoms with E-state index in [-0.39, 0.29) is 0 Å². The summed E-state index contributed by atoms with van der Waals surface area (Å²) in [5.74, 6) is 1.95. The number of hydrogen-bond acceptors (Lipinski definition) is 6. The van der Waals surface area contributed by atoms with E-state index in [0.29, 0.717) is 0 Å². The Balaban J connectivity index is 0.000000239. The maximum atomic E-state index is 4.43. The average molecular weight is 400 g/mol. The summed E-state index contributed by atoms with van der Waals surface area (Å²) in [6.07, 6.45) is 13.4.